The Hall–Kier alpha value is -3.30. The van der Waals surface area contributed by atoms with Crippen molar-refractivity contribution in [2.75, 3.05) is 18.0 Å². The molecule has 1 saturated heterocycles. The van der Waals surface area contributed by atoms with E-state index >= 15 is 0 Å². The second kappa shape index (κ2) is 9.05. The third kappa shape index (κ3) is 4.35. The van der Waals surface area contributed by atoms with Gasteiger partial charge in [0.25, 0.3) is 0 Å². The third-order valence-electron chi connectivity index (χ3n) is 5.52. The zero-order valence-corrected chi connectivity index (χ0v) is 17.0. The Kier molecular flexibility index (Phi) is 6.20. The summed E-state index contributed by atoms with van der Waals surface area (Å²) in [6.45, 7) is 0.976. The number of piperidine rings is 1. The van der Waals surface area contributed by atoms with Crippen LogP contribution in [-0.4, -0.2) is 46.1 Å². The predicted molar refractivity (Wildman–Crippen MR) is 113 cm³/mol. The number of anilines is 1. The van der Waals surface area contributed by atoms with Crippen molar-refractivity contribution in [2.24, 2.45) is 5.73 Å². The van der Waals surface area contributed by atoms with Crippen LogP contribution in [0.1, 0.15) is 22.5 Å². The minimum atomic E-state index is -0.973. The maximum Gasteiger partial charge on any atom is 0.185 e. The molecule has 32 heavy (non-hydrogen) atoms. The summed E-state index contributed by atoms with van der Waals surface area (Å²) in [6.07, 6.45) is 2.95. The highest BCUT2D eigenvalue weighted by Gasteiger charge is 2.27. The highest BCUT2D eigenvalue weighted by Crippen LogP contribution is 2.28. The van der Waals surface area contributed by atoms with E-state index in [1.807, 2.05) is 4.90 Å². The Bertz CT molecular complexity index is 1140. The van der Waals surface area contributed by atoms with Crippen molar-refractivity contribution in [3.63, 3.8) is 0 Å². The van der Waals surface area contributed by atoms with Gasteiger partial charge in [-0.05, 0) is 36.8 Å². The summed E-state index contributed by atoms with van der Waals surface area (Å²) in [5, 5.41) is 9.88. The zero-order valence-electron chi connectivity index (χ0n) is 17.0. The first-order chi connectivity index (χ1) is 15.3. The molecule has 1 aromatic carbocycles. The molecule has 0 unspecified atom stereocenters. The minimum absolute atomic E-state index is 0.102. The van der Waals surface area contributed by atoms with Gasteiger partial charge in [0.1, 0.15) is 28.8 Å². The number of rotatable bonds is 5. The normalized spacial score (nSPS) is 18.6. The number of hydrogen-bond donors (Lipinski definition) is 2. The van der Waals surface area contributed by atoms with Crippen molar-refractivity contribution in [1.29, 1.82) is 0 Å². The zero-order chi connectivity index (χ0) is 22.8. The Morgan fingerprint density at radius 1 is 1.12 bits per heavy atom. The Balaban J connectivity index is 1.62. The molecule has 166 valence electrons. The van der Waals surface area contributed by atoms with E-state index in [4.69, 9.17) is 5.73 Å². The fraction of sp³-hybridized carbons (Fsp3) is 0.261. The van der Waals surface area contributed by atoms with Crippen LogP contribution in [0.25, 0.3) is 11.3 Å². The van der Waals surface area contributed by atoms with Crippen LogP contribution in [0.3, 0.4) is 0 Å². The van der Waals surface area contributed by atoms with Crippen LogP contribution in [0.15, 0.2) is 48.8 Å². The maximum atomic E-state index is 14.3. The quantitative estimate of drug-likeness (QED) is 0.591. The number of pyridine rings is 2. The smallest absolute Gasteiger partial charge is 0.185 e. The van der Waals surface area contributed by atoms with Gasteiger partial charge in [-0.2, -0.15) is 0 Å². The number of hydrogen-bond acceptors (Lipinski definition) is 6. The molecule has 2 aromatic heterocycles. The number of Topliss-reactive ketones (excluding diaryl/α,β-unsaturated/α-hetero) is 1. The number of aliphatic hydroxyl groups excluding tert-OH is 1. The highest BCUT2D eigenvalue weighted by molar-refractivity contribution is 5.97. The Morgan fingerprint density at radius 2 is 1.88 bits per heavy atom. The molecule has 3 aromatic rings. The summed E-state index contributed by atoms with van der Waals surface area (Å²) < 4.78 is 42.6. The fourth-order valence-electron chi connectivity index (χ4n) is 3.81. The third-order valence-corrected chi connectivity index (χ3v) is 5.52. The van der Waals surface area contributed by atoms with Gasteiger partial charge >= 0.3 is 0 Å². The SMILES string of the molecule is N[C@@H]1CN(c2ccncc2CC(=O)c2ccc(F)c(-c3c(F)cccc3F)n2)CC[C@H]1O. The number of carbonyl (C=O) groups is 1. The van der Waals surface area contributed by atoms with Crippen molar-refractivity contribution in [2.45, 2.75) is 25.0 Å². The summed E-state index contributed by atoms with van der Waals surface area (Å²) in [4.78, 5) is 22.9. The van der Waals surface area contributed by atoms with Crippen molar-refractivity contribution in [1.82, 2.24) is 9.97 Å². The lowest BCUT2D eigenvalue weighted by molar-refractivity contribution is 0.0987. The molecule has 0 bridgehead atoms. The first-order valence-electron chi connectivity index (χ1n) is 10.1. The van der Waals surface area contributed by atoms with Crippen LogP contribution in [0, 0.1) is 17.5 Å². The first-order valence-corrected chi connectivity index (χ1v) is 10.1. The molecule has 2 atom stereocenters. The summed E-state index contributed by atoms with van der Waals surface area (Å²) in [6, 6.07) is 6.64. The van der Waals surface area contributed by atoms with E-state index in [1.165, 1.54) is 6.07 Å². The van der Waals surface area contributed by atoms with Gasteiger partial charge in [0.05, 0.1) is 11.7 Å². The van der Waals surface area contributed by atoms with Gasteiger partial charge in [-0.1, -0.05) is 6.07 Å². The molecule has 3 N–H and O–H groups in total. The van der Waals surface area contributed by atoms with Crippen LogP contribution in [0.4, 0.5) is 18.9 Å². The van der Waals surface area contributed by atoms with Gasteiger partial charge in [0.15, 0.2) is 5.78 Å². The molecule has 1 aliphatic heterocycles. The van der Waals surface area contributed by atoms with Gasteiger partial charge in [-0.3, -0.25) is 9.78 Å². The average Bonchev–Trinajstić information content (AvgIpc) is 2.77. The molecular weight excluding hydrogens is 421 g/mol. The number of aliphatic hydroxyl groups is 1. The maximum absolute atomic E-state index is 14.3. The van der Waals surface area contributed by atoms with E-state index in [0.717, 1.165) is 30.0 Å². The summed E-state index contributed by atoms with van der Waals surface area (Å²) in [5.41, 5.74) is 6.02. The van der Waals surface area contributed by atoms with Gasteiger partial charge in [-0.25, -0.2) is 18.2 Å². The molecule has 1 fully saturated rings. The van der Waals surface area contributed by atoms with E-state index in [1.54, 1.807) is 18.5 Å². The number of nitrogens with zero attached hydrogens (tertiary/aromatic N) is 3. The van der Waals surface area contributed by atoms with Crippen LogP contribution < -0.4 is 10.6 Å². The second-order valence-corrected chi connectivity index (χ2v) is 7.69. The molecule has 4 rings (SSSR count). The summed E-state index contributed by atoms with van der Waals surface area (Å²) in [5.74, 6) is -3.34. The number of benzene rings is 1. The van der Waals surface area contributed by atoms with E-state index in [0.29, 0.717) is 25.1 Å². The van der Waals surface area contributed by atoms with Gasteiger partial charge in [0.2, 0.25) is 0 Å². The van der Waals surface area contributed by atoms with Crippen LogP contribution in [0.5, 0.6) is 0 Å². The Labute approximate surface area is 182 Å². The molecule has 0 spiro atoms. The van der Waals surface area contributed by atoms with E-state index in [2.05, 4.69) is 9.97 Å². The van der Waals surface area contributed by atoms with Crippen molar-refractivity contribution in [3.8, 4) is 11.3 Å². The molecule has 6 nitrogen and oxygen atoms in total. The molecule has 3 heterocycles. The van der Waals surface area contributed by atoms with E-state index in [9.17, 15) is 23.1 Å². The Morgan fingerprint density at radius 3 is 2.59 bits per heavy atom. The number of halogens is 3. The summed E-state index contributed by atoms with van der Waals surface area (Å²) in [7, 11) is 0. The number of aromatic nitrogens is 2. The largest absolute Gasteiger partial charge is 0.391 e. The van der Waals surface area contributed by atoms with Crippen molar-refractivity contribution in [3.05, 3.63) is 77.5 Å². The lowest BCUT2D eigenvalue weighted by Gasteiger charge is -2.36. The fourth-order valence-corrected chi connectivity index (χ4v) is 3.81. The second-order valence-electron chi connectivity index (χ2n) is 7.69. The molecular formula is C23H21F3N4O2. The van der Waals surface area contributed by atoms with Gasteiger partial charge < -0.3 is 15.7 Å². The monoisotopic (exact) mass is 442 g/mol. The lowest BCUT2D eigenvalue weighted by atomic mass is 10.00. The highest BCUT2D eigenvalue weighted by atomic mass is 19.1. The topological polar surface area (TPSA) is 92.3 Å². The lowest BCUT2D eigenvalue weighted by Crippen LogP contribution is -2.51. The molecule has 9 heteroatoms. The van der Waals surface area contributed by atoms with E-state index in [-0.39, 0.29) is 12.1 Å². The summed E-state index contributed by atoms with van der Waals surface area (Å²) >= 11 is 0. The minimum Gasteiger partial charge on any atom is -0.391 e. The molecule has 1 aliphatic rings. The van der Waals surface area contributed by atoms with Gasteiger partial charge in [0, 0.05) is 49.2 Å². The molecule has 0 amide bonds. The standard InChI is InChI=1S/C23H21F3N4O2/c24-14-2-1-3-15(25)22(14)23-16(26)4-5-18(29-23)21(32)10-13-11-28-8-6-19(13)30-9-7-20(31)17(27)12-30/h1-6,8,11,17,20,31H,7,9-10,12,27H2/t17-,20-/m1/s1. The number of ketones is 1. The number of carbonyl (C=O) groups excluding carboxylic acids is 1. The van der Waals surface area contributed by atoms with Crippen molar-refractivity contribution >= 4 is 11.5 Å². The molecule has 0 radical (unpaired) electrons. The van der Waals surface area contributed by atoms with Crippen molar-refractivity contribution < 1.29 is 23.1 Å². The molecule has 0 aliphatic carbocycles. The first kappa shape index (κ1) is 21.9. The van der Waals surface area contributed by atoms with Gasteiger partial charge in [-0.15, -0.1) is 0 Å². The van der Waals surface area contributed by atoms with Crippen LogP contribution in [-0.2, 0) is 6.42 Å². The van der Waals surface area contributed by atoms with E-state index < -0.39 is 46.6 Å². The predicted octanol–water partition coefficient (Wildman–Crippen LogP) is 2.88. The molecule has 0 saturated carbocycles. The number of nitrogens with two attached hydrogens (primary N) is 1. The average molecular weight is 442 g/mol. The van der Waals surface area contributed by atoms with Crippen LogP contribution in [0.2, 0.25) is 0 Å². The van der Waals surface area contributed by atoms with Crippen LogP contribution >= 0.6 is 0 Å².